The van der Waals surface area contributed by atoms with Crippen LogP contribution >= 0.6 is 12.6 Å². The Kier molecular flexibility index (Phi) is 2.98. The first-order valence-corrected chi connectivity index (χ1v) is 4.12. The Bertz CT molecular complexity index is 180. The van der Waals surface area contributed by atoms with Crippen molar-refractivity contribution in [3.63, 3.8) is 0 Å². The SMILES string of the molecule is CC1(C)OC[C@@H](COC(=O)S)O1. The molecule has 0 aliphatic carbocycles. The molecule has 1 atom stereocenters. The highest BCUT2D eigenvalue weighted by molar-refractivity contribution is 7.96. The average molecular weight is 192 g/mol. The van der Waals surface area contributed by atoms with Crippen molar-refractivity contribution in [2.75, 3.05) is 13.2 Å². The van der Waals surface area contributed by atoms with Crippen molar-refractivity contribution < 1.29 is 19.0 Å². The Hall–Kier alpha value is -0.260. The topological polar surface area (TPSA) is 44.8 Å². The molecule has 0 spiro atoms. The lowest BCUT2D eigenvalue weighted by Gasteiger charge is -2.16. The van der Waals surface area contributed by atoms with Gasteiger partial charge in [-0.2, -0.15) is 0 Å². The number of thiol groups is 1. The molecule has 0 amide bonds. The molecular formula is C7H12O4S. The van der Waals surface area contributed by atoms with Crippen LogP contribution < -0.4 is 0 Å². The fourth-order valence-corrected chi connectivity index (χ4v) is 1.08. The summed E-state index contributed by atoms with van der Waals surface area (Å²) in [5, 5.41) is -0.594. The van der Waals surface area contributed by atoms with Gasteiger partial charge in [-0.05, 0) is 13.8 Å². The molecule has 70 valence electrons. The highest BCUT2D eigenvalue weighted by Crippen LogP contribution is 2.22. The second kappa shape index (κ2) is 3.64. The molecule has 0 bridgehead atoms. The van der Waals surface area contributed by atoms with Crippen LogP contribution in [-0.4, -0.2) is 30.4 Å². The van der Waals surface area contributed by atoms with E-state index in [1.54, 1.807) is 0 Å². The molecule has 1 aliphatic rings. The van der Waals surface area contributed by atoms with E-state index in [1.165, 1.54) is 0 Å². The van der Waals surface area contributed by atoms with Gasteiger partial charge < -0.3 is 14.2 Å². The number of rotatable bonds is 2. The van der Waals surface area contributed by atoms with Gasteiger partial charge in [-0.25, -0.2) is 4.79 Å². The van der Waals surface area contributed by atoms with Crippen molar-refractivity contribution in [1.29, 1.82) is 0 Å². The van der Waals surface area contributed by atoms with Gasteiger partial charge in [0.05, 0.1) is 6.61 Å². The van der Waals surface area contributed by atoms with Gasteiger partial charge in [0.15, 0.2) is 5.79 Å². The third-order valence-corrected chi connectivity index (χ3v) is 1.59. The molecule has 5 heteroatoms. The van der Waals surface area contributed by atoms with Crippen molar-refractivity contribution in [1.82, 2.24) is 0 Å². The van der Waals surface area contributed by atoms with Crippen LogP contribution in [0.1, 0.15) is 13.8 Å². The molecule has 1 saturated heterocycles. The molecule has 0 saturated carbocycles. The summed E-state index contributed by atoms with van der Waals surface area (Å²) in [4.78, 5) is 10.3. The van der Waals surface area contributed by atoms with Crippen LogP contribution in [0.4, 0.5) is 4.79 Å². The zero-order valence-electron chi connectivity index (χ0n) is 7.07. The largest absolute Gasteiger partial charge is 0.455 e. The van der Waals surface area contributed by atoms with Crippen LogP contribution in [0.2, 0.25) is 0 Å². The first-order chi connectivity index (χ1) is 5.49. The monoisotopic (exact) mass is 192 g/mol. The van der Waals surface area contributed by atoms with Gasteiger partial charge in [0.2, 0.25) is 0 Å². The maximum absolute atomic E-state index is 10.3. The lowest BCUT2D eigenvalue weighted by Crippen LogP contribution is -2.24. The minimum atomic E-state index is -0.594. The maximum atomic E-state index is 10.3. The van der Waals surface area contributed by atoms with E-state index < -0.39 is 11.1 Å². The quantitative estimate of drug-likeness (QED) is 0.527. The summed E-state index contributed by atoms with van der Waals surface area (Å²) in [6, 6.07) is 0. The minimum Gasteiger partial charge on any atom is -0.455 e. The zero-order valence-corrected chi connectivity index (χ0v) is 7.97. The molecule has 1 rings (SSSR count). The molecule has 4 nitrogen and oxygen atoms in total. The summed E-state index contributed by atoms with van der Waals surface area (Å²) in [6.07, 6.45) is -0.170. The molecule has 0 unspecified atom stereocenters. The minimum absolute atomic E-state index is 0.170. The van der Waals surface area contributed by atoms with Gasteiger partial charge in [0, 0.05) is 0 Å². The van der Waals surface area contributed by atoms with Gasteiger partial charge in [-0.3, -0.25) is 0 Å². The summed E-state index contributed by atoms with van der Waals surface area (Å²) in [7, 11) is 0. The van der Waals surface area contributed by atoms with E-state index >= 15 is 0 Å². The third kappa shape index (κ3) is 3.00. The third-order valence-electron chi connectivity index (χ3n) is 1.46. The van der Waals surface area contributed by atoms with E-state index in [4.69, 9.17) is 9.47 Å². The zero-order chi connectivity index (χ0) is 9.19. The summed E-state index contributed by atoms with van der Waals surface area (Å²) < 4.78 is 15.3. The van der Waals surface area contributed by atoms with Crippen LogP contribution in [0.25, 0.3) is 0 Å². The van der Waals surface area contributed by atoms with E-state index in [9.17, 15) is 4.79 Å². The van der Waals surface area contributed by atoms with Gasteiger partial charge in [0.1, 0.15) is 12.7 Å². The lowest BCUT2D eigenvalue weighted by atomic mass is 10.4. The predicted molar refractivity (Wildman–Crippen MR) is 45.2 cm³/mol. The molecule has 0 aromatic heterocycles. The Morgan fingerprint density at radius 3 is 2.83 bits per heavy atom. The number of carbonyl (C=O) groups excluding carboxylic acids is 1. The smallest absolute Gasteiger partial charge is 0.364 e. The Labute approximate surface area is 76.6 Å². The number of hydrogen-bond donors (Lipinski definition) is 1. The van der Waals surface area contributed by atoms with Crippen molar-refractivity contribution in [3.8, 4) is 0 Å². The number of carbonyl (C=O) groups is 1. The van der Waals surface area contributed by atoms with Gasteiger partial charge in [-0.15, -0.1) is 0 Å². The Balaban J connectivity index is 2.24. The summed E-state index contributed by atoms with van der Waals surface area (Å²) in [5.41, 5.74) is 0. The second-order valence-corrected chi connectivity index (χ2v) is 3.39. The maximum Gasteiger partial charge on any atom is 0.364 e. The fraction of sp³-hybridized carbons (Fsp3) is 0.857. The highest BCUT2D eigenvalue weighted by Gasteiger charge is 2.33. The molecule has 12 heavy (non-hydrogen) atoms. The summed E-state index contributed by atoms with van der Waals surface area (Å²) in [6.45, 7) is 4.28. The fourth-order valence-electron chi connectivity index (χ4n) is 1.01. The van der Waals surface area contributed by atoms with Crippen LogP contribution in [0, 0.1) is 0 Å². The Morgan fingerprint density at radius 1 is 1.75 bits per heavy atom. The van der Waals surface area contributed by atoms with E-state index in [1.807, 2.05) is 13.8 Å². The first-order valence-electron chi connectivity index (χ1n) is 3.67. The van der Waals surface area contributed by atoms with E-state index in [2.05, 4.69) is 17.4 Å². The molecule has 1 aliphatic heterocycles. The average Bonchev–Trinajstić information content (AvgIpc) is 2.26. The standard InChI is InChI=1S/C7H12O4S/c1-7(2)10-4-5(11-7)3-9-6(8)12/h5H,3-4H2,1-2H3,(H,8,12)/t5-/m1/s1. The van der Waals surface area contributed by atoms with Gasteiger partial charge >= 0.3 is 5.30 Å². The first kappa shape index (κ1) is 9.83. The molecular weight excluding hydrogens is 180 g/mol. The van der Waals surface area contributed by atoms with Crippen LogP contribution in [0.5, 0.6) is 0 Å². The molecule has 0 aromatic carbocycles. The van der Waals surface area contributed by atoms with Crippen LogP contribution in [0.15, 0.2) is 0 Å². The lowest BCUT2D eigenvalue weighted by molar-refractivity contribution is -0.142. The molecule has 1 heterocycles. The van der Waals surface area contributed by atoms with Crippen LogP contribution in [-0.2, 0) is 14.2 Å². The number of hydrogen-bond acceptors (Lipinski definition) is 4. The summed E-state index contributed by atoms with van der Waals surface area (Å²) in [5.74, 6) is -0.562. The highest BCUT2D eigenvalue weighted by atomic mass is 32.1. The van der Waals surface area contributed by atoms with Crippen molar-refractivity contribution >= 4 is 17.9 Å². The molecule has 0 aromatic rings. The van der Waals surface area contributed by atoms with Crippen molar-refractivity contribution in [3.05, 3.63) is 0 Å². The molecule has 0 radical (unpaired) electrons. The summed E-state index contributed by atoms with van der Waals surface area (Å²) >= 11 is 3.46. The molecule has 1 fully saturated rings. The van der Waals surface area contributed by atoms with Crippen molar-refractivity contribution in [2.24, 2.45) is 0 Å². The number of ether oxygens (including phenoxy) is 3. The van der Waals surface area contributed by atoms with Gasteiger partial charge in [-0.1, -0.05) is 12.6 Å². The van der Waals surface area contributed by atoms with Crippen LogP contribution in [0.3, 0.4) is 0 Å². The van der Waals surface area contributed by atoms with E-state index in [0.29, 0.717) is 6.61 Å². The van der Waals surface area contributed by atoms with E-state index in [0.717, 1.165) is 0 Å². The normalized spacial score (nSPS) is 27.1. The molecule has 0 N–H and O–H groups in total. The predicted octanol–water partition coefficient (Wildman–Crippen LogP) is 1.20. The Morgan fingerprint density at radius 2 is 2.42 bits per heavy atom. The van der Waals surface area contributed by atoms with Gasteiger partial charge in [0.25, 0.3) is 0 Å². The van der Waals surface area contributed by atoms with Crippen molar-refractivity contribution in [2.45, 2.75) is 25.7 Å². The second-order valence-electron chi connectivity index (χ2n) is 3.03. The van der Waals surface area contributed by atoms with E-state index in [-0.39, 0.29) is 12.7 Å².